The second-order valence-corrected chi connectivity index (χ2v) is 4.65. The summed E-state index contributed by atoms with van der Waals surface area (Å²) in [5, 5.41) is 3.71. The molecule has 106 valence electrons. The zero-order valence-electron chi connectivity index (χ0n) is 11.9. The lowest BCUT2D eigenvalue weighted by Gasteiger charge is -2.04. The van der Waals surface area contributed by atoms with Gasteiger partial charge in [0.2, 0.25) is 5.91 Å². The number of methoxy groups -OCH3 is 1. The van der Waals surface area contributed by atoms with Gasteiger partial charge in [-0.15, -0.1) is 0 Å². The number of hydrogen-bond donors (Lipinski definition) is 2. The maximum atomic E-state index is 11.8. The van der Waals surface area contributed by atoms with Crippen LogP contribution in [0, 0.1) is 0 Å². The molecule has 0 aliphatic heterocycles. The Kier molecular flexibility index (Phi) is 4.08. The van der Waals surface area contributed by atoms with Crippen LogP contribution in [-0.4, -0.2) is 30.3 Å². The fourth-order valence-electron chi connectivity index (χ4n) is 2.34. The van der Waals surface area contributed by atoms with E-state index in [4.69, 9.17) is 4.74 Å². The van der Waals surface area contributed by atoms with Crippen molar-refractivity contribution >= 4 is 22.6 Å². The highest BCUT2D eigenvalue weighted by Gasteiger charge is 2.16. The molecule has 5 heteroatoms. The smallest absolute Gasteiger partial charge is 0.216 e. The third-order valence-electron chi connectivity index (χ3n) is 3.22. The molecule has 0 radical (unpaired) electrons. The lowest BCUT2D eigenvalue weighted by Crippen LogP contribution is -2.22. The van der Waals surface area contributed by atoms with Gasteiger partial charge in [0, 0.05) is 25.8 Å². The van der Waals surface area contributed by atoms with Gasteiger partial charge in [-0.3, -0.25) is 9.59 Å². The Morgan fingerprint density at radius 3 is 2.65 bits per heavy atom. The molecule has 2 N–H and O–H groups in total. The van der Waals surface area contributed by atoms with Crippen LogP contribution in [0.1, 0.15) is 29.9 Å². The van der Waals surface area contributed by atoms with Gasteiger partial charge in [-0.05, 0) is 18.1 Å². The third-order valence-corrected chi connectivity index (χ3v) is 3.22. The fraction of sp³-hybridized carbons (Fsp3) is 0.333. The van der Waals surface area contributed by atoms with E-state index in [0.29, 0.717) is 24.4 Å². The zero-order chi connectivity index (χ0) is 14.7. The summed E-state index contributed by atoms with van der Waals surface area (Å²) in [4.78, 5) is 25.9. The second-order valence-electron chi connectivity index (χ2n) is 4.65. The average molecular weight is 274 g/mol. The van der Waals surface area contributed by atoms with Crippen LogP contribution >= 0.6 is 0 Å². The van der Waals surface area contributed by atoms with E-state index in [-0.39, 0.29) is 11.7 Å². The lowest BCUT2D eigenvalue weighted by molar-refractivity contribution is -0.118. The minimum Gasteiger partial charge on any atom is -0.495 e. The summed E-state index contributed by atoms with van der Waals surface area (Å²) in [5.74, 6) is 0.601. The number of carbonyl (C=O) groups excluding carboxylic acids is 2. The normalized spacial score (nSPS) is 10.6. The molecule has 0 bridgehead atoms. The van der Waals surface area contributed by atoms with Gasteiger partial charge >= 0.3 is 0 Å². The third kappa shape index (κ3) is 2.66. The van der Waals surface area contributed by atoms with Crippen LogP contribution in [0.25, 0.3) is 10.9 Å². The maximum Gasteiger partial charge on any atom is 0.216 e. The van der Waals surface area contributed by atoms with Gasteiger partial charge in [-0.2, -0.15) is 0 Å². The van der Waals surface area contributed by atoms with E-state index < -0.39 is 0 Å². The standard InChI is InChI=1S/C15H18N2O3/c1-9(18)14-12(7-8-16-10(2)19)11-5-4-6-13(20-3)15(11)17-14/h4-6,17H,7-8H2,1-3H3,(H,16,19). The van der Waals surface area contributed by atoms with Gasteiger partial charge in [-0.25, -0.2) is 0 Å². The number of rotatable bonds is 5. The number of nitrogens with one attached hydrogen (secondary N) is 2. The van der Waals surface area contributed by atoms with Gasteiger partial charge in [-0.1, -0.05) is 12.1 Å². The second kappa shape index (κ2) is 5.77. The molecule has 5 nitrogen and oxygen atoms in total. The first-order valence-electron chi connectivity index (χ1n) is 6.47. The van der Waals surface area contributed by atoms with Crippen molar-refractivity contribution in [1.29, 1.82) is 0 Å². The van der Waals surface area contributed by atoms with Crippen LogP contribution in [0.5, 0.6) is 5.75 Å². The number of aromatic amines is 1. The molecule has 1 aromatic heterocycles. The number of ketones is 1. The van der Waals surface area contributed by atoms with E-state index in [1.165, 1.54) is 13.8 Å². The first-order chi connectivity index (χ1) is 9.54. The molecule has 20 heavy (non-hydrogen) atoms. The average Bonchev–Trinajstić information content (AvgIpc) is 2.77. The van der Waals surface area contributed by atoms with E-state index in [0.717, 1.165) is 16.5 Å². The van der Waals surface area contributed by atoms with Crippen LogP contribution in [0.3, 0.4) is 0 Å². The summed E-state index contributed by atoms with van der Waals surface area (Å²) >= 11 is 0. The minimum absolute atomic E-state index is 0.0268. The highest BCUT2D eigenvalue weighted by Crippen LogP contribution is 2.30. The molecule has 0 atom stereocenters. The molecule has 2 rings (SSSR count). The minimum atomic E-state index is -0.0770. The number of Topliss-reactive ketones (excluding diaryl/α,β-unsaturated/α-hetero) is 1. The lowest BCUT2D eigenvalue weighted by atomic mass is 10.1. The Bertz CT molecular complexity index is 658. The van der Waals surface area contributed by atoms with Crippen molar-refractivity contribution in [2.45, 2.75) is 20.3 Å². The highest BCUT2D eigenvalue weighted by atomic mass is 16.5. The zero-order valence-corrected chi connectivity index (χ0v) is 11.9. The van der Waals surface area contributed by atoms with E-state index in [1.807, 2.05) is 18.2 Å². The van der Waals surface area contributed by atoms with E-state index in [1.54, 1.807) is 7.11 Å². The number of hydrogen-bond acceptors (Lipinski definition) is 3. The number of fused-ring (bicyclic) bond motifs is 1. The van der Waals surface area contributed by atoms with Crippen molar-refractivity contribution in [3.63, 3.8) is 0 Å². The predicted molar refractivity (Wildman–Crippen MR) is 77.2 cm³/mol. The molecule has 0 aliphatic rings. The monoisotopic (exact) mass is 274 g/mol. The molecule has 1 aromatic carbocycles. The van der Waals surface area contributed by atoms with Crippen molar-refractivity contribution in [3.8, 4) is 5.75 Å². The number of para-hydroxylation sites is 1. The van der Waals surface area contributed by atoms with E-state index >= 15 is 0 Å². The Balaban J connectivity index is 2.46. The summed E-state index contributed by atoms with van der Waals surface area (Å²) in [5.41, 5.74) is 2.31. The molecule has 0 unspecified atom stereocenters. The van der Waals surface area contributed by atoms with Crippen LogP contribution in [0.4, 0.5) is 0 Å². The van der Waals surface area contributed by atoms with Crippen molar-refractivity contribution in [3.05, 3.63) is 29.5 Å². The van der Waals surface area contributed by atoms with Crippen molar-refractivity contribution in [2.24, 2.45) is 0 Å². The summed E-state index contributed by atoms with van der Waals surface area (Å²) in [6, 6.07) is 5.69. The first kappa shape index (κ1) is 14.1. The Morgan fingerprint density at radius 2 is 2.05 bits per heavy atom. The Hall–Kier alpha value is -2.30. The number of benzene rings is 1. The Morgan fingerprint density at radius 1 is 1.30 bits per heavy atom. The molecular formula is C15H18N2O3. The van der Waals surface area contributed by atoms with Crippen LogP contribution in [0.15, 0.2) is 18.2 Å². The summed E-state index contributed by atoms with van der Waals surface area (Å²) < 4.78 is 5.31. The molecule has 2 aromatic rings. The number of aromatic nitrogens is 1. The van der Waals surface area contributed by atoms with Gasteiger partial charge < -0.3 is 15.0 Å². The quantitative estimate of drug-likeness (QED) is 0.820. The number of carbonyl (C=O) groups is 2. The molecule has 0 aliphatic carbocycles. The SMILES string of the molecule is COc1cccc2c(CCNC(C)=O)c(C(C)=O)[nH]c12. The largest absolute Gasteiger partial charge is 0.495 e. The van der Waals surface area contributed by atoms with Crippen molar-refractivity contribution in [2.75, 3.05) is 13.7 Å². The molecule has 1 heterocycles. The maximum absolute atomic E-state index is 11.8. The van der Waals surface area contributed by atoms with Crippen molar-refractivity contribution in [1.82, 2.24) is 10.3 Å². The van der Waals surface area contributed by atoms with E-state index in [9.17, 15) is 9.59 Å². The number of amides is 1. The van der Waals surface area contributed by atoms with Crippen LogP contribution in [-0.2, 0) is 11.2 Å². The number of H-pyrrole nitrogens is 1. The van der Waals surface area contributed by atoms with Crippen molar-refractivity contribution < 1.29 is 14.3 Å². The van der Waals surface area contributed by atoms with Crippen LogP contribution < -0.4 is 10.1 Å². The molecule has 0 spiro atoms. The molecule has 1 amide bonds. The van der Waals surface area contributed by atoms with Gasteiger partial charge in [0.25, 0.3) is 0 Å². The first-order valence-corrected chi connectivity index (χ1v) is 6.47. The van der Waals surface area contributed by atoms with E-state index in [2.05, 4.69) is 10.3 Å². The van der Waals surface area contributed by atoms with Crippen LogP contribution in [0.2, 0.25) is 0 Å². The van der Waals surface area contributed by atoms with Gasteiger partial charge in [0.1, 0.15) is 5.75 Å². The summed E-state index contributed by atoms with van der Waals surface area (Å²) in [6.07, 6.45) is 0.599. The summed E-state index contributed by atoms with van der Waals surface area (Å²) in [6.45, 7) is 3.50. The molecule has 0 fully saturated rings. The highest BCUT2D eigenvalue weighted by molar-refractivity contribution is 6.02. The van der Waals surface area contributed by atoms with Gasteiger partial charge in [0.15, 0.2) is 5.78 Å². The molecule has 0 saturated heterocycles. The Labute approximate surface area is 117 Å². The molecule has 0 saturated carbocycles. The summed E-state index contributed by atoms with van der Waals surface area (Å²) in [7, 11) is 1.60. The predicted octanol–water partition coefficient (Wildman–Crippen LogP) is 2.06. The fourth-order valence-corrected chi connectivity index (χ4v) is 2.34. The molecular weight excluding hydrogens is 256 g/mol. The topological polar surface area (TPSA) is 71.2 Å². The number of ether oxygens (including phenoxy) is 1. The van der Waals surface area contributed by atoms with Gasteiger partial charge in [0.05, 0.1) is 18.3 Å².